The standard InChI is InChI=1S/C18H17N3/c1-19-18(17-11-20-13-21-12-17)16-9-7-15(8-10-16)14-5-3-2-4-6-14/h2-13,18-19H,1H3. The zero-order valence-electron chi connectivity index (χ0n) is 11.9. The van der Waals surface area contributed by atoms with E-state index in [2.05, 4.69) is 63.8 Å². The van der Waals surface area contributed by atoms with E-state index in [1.807, 2.05) is 25.5 Å². The third-order valence-corrected chi connectivity index (χ3v) is 3.55. The second-order valence-electron chi connectivity index (χ2n) is 4.88. The lowest BCUT2D eigenvalue weighted by Gasteiger charge is -2.16. The first-order chi connectivity index (χ1) is 10.4. The summed E-state index contributed by atoms with van der Waals surface area (Å²) in [5, 5.41) is 3.31. The van der Waals surface area contributed by atoms with Gasteiger partial charge >= 0.3 is 0 Å². The van der Waals surface area contributed by atoms with Crippen LogP contribution in [-0.4, -0.2) is 17.0 Å². The number of nitrogens with one attached hydrogen (secondary N) is 1. The van der Waals surface area contributed by atoms with Gasteiger partial charge in [-0.05, 0) is 23.7 Å². The van der Waals surface area contributed by atoms with Crippen LogP contribution in [0.4, 0.5) is 0 Å². The Balaban J connectivity index is 1.90. The molecule has 1 heterocycles. The van der Waals surface area contributed by atoms with Crippen molar-refractivity contribution >= 4 is 0 Å². The molecule has 0 saturated heterocycles. The molecule has 0 aliphatic carbocycles. The van der Waals surface area contributed by atoms with Gasteiger partial charge in [0.15, 0.2) is 0 Å². The molecule has 0 radical (unpaired) electrons. The number of benzene rings is 2. The Labute approximate surface area is 124 Å². The van der Waals surface area contributed by atoms with Crippen LogP contribution < -0.4 is 5.32 Å². The van der Waals surface area contributed by atoms with Gasteiger partial charge in [0.25, 0.3) is 0 Å². The average molecular weight is 275 g/mol. The number of aromatic nitrogens is 2. The lowest BCUT2D eigenvalue weighted by Crippen LogP contribution is -2.17. The summed E-state index contributed by atoms with van der Waals surface area (Å²) < 4.78 is 0. The molecule has 104 valence electrons. The molecule has 0 aliphatic heterocycles. The molecule has 1 unspecified atom stereocenters. The van der Waals surface area contributed by atoms with Gasteiger partial charge in [-0.2, -0.15) is 0 Å². The Morgan fingerprint density at radius 1 is 0.762 bits per heavy atom. The number of hydrogen-bond acceptors (Lipinski definition) is 3. The minimum Gasteiger partial charge on any atom is -0.309 e. The van der Waals surface area contributed by atoms with Gasteiger partial charge in [0.2, 0.25) is 0 Å². The molecular formula is C18H17N3. The molecule has 21 heavy (non-hydrogen) atoms. The largest absolute Gasteiger partial charge is 0.309 e. The normalized spacial score (nSPS) is 12.0. The summed E-state index contributed by atoms with van der Waals surface area (Å²) in [6.45, 7) is 0. The Kier molecular flexibility index (Phi) is 4.03. The summed E-state index contributed by atoms with van der Waals surface area (Å²) in [7, 11) is 1.95. The first-order valence-electron chi connectivity index (χ1n) is 6.96. The Morgan fingerprint density at radius 2 is 1.38 bits per heavy atom. The highest BCUT2D eigenvalue weighted by molar-refractivity contribution is 5.63. The topological polar surface area (TPSA) is 37.8 Å². The van der Waals surface area contributed by atoms with Gasteiger partial charge in [0.1, 0.15) is 6.33 Å². The van der Waals surface area contributed by atoms with E-state index in [9.17, 15) is 0 Å². The quantitative estimate of drug-likeness (QED) is 0.792. The number of nitrogens with zero attached hydrogens (tertiary/aromatic N) is 2. The maximum Gasteiger partial charge on any atom is 0.115 e. The molecule has 0 bridgehead atoms. The zero-order chi connectivity index (χ0) is 14.5. The predicted octanol–water partition coefficient (Wildman–Crippen LogP) is 3.45. The zero-order valence-corrected chi connectivity index (χ0v) is 11.9. The van der Waals surface area contributed by atoms with Crippen LogP contribution in [0.25, 0.3) is 11.1 Å². The molecule has 3 aromatic rings. The predicted molar refractivity (Wildman–Crippen MR) is 84.8 cm³/mol. The number of hydrogen-bond donors (Lipinski definition) is 1. The molecule has 1 aromatic heterocycles. The lowest BCUT2D eigenvalue weighted by molar-refractivity contribution is 0.685. The van der Waals surface area contributed by atoms with E-state index in [1.54, 1.807) is 6.33 Å². The third kappa shape index (κ3) is 2.98. The van der Waals surface area contributed by atoms with E-state index in [4.69, 9.17) is 0 Å². The van der Waals surface area contributed by atoms with Crippen molar-refractivity contribution in [3.05, 3.63) is 84.4 Å². The highest BCUT2D eigenvalue weighted by atomic mass is 14.9. The van der Waals surface area contributed by atoms with Gasteiger partial charge in [0, 0.05) is 18.0 Å². The SMILES string of the molecule is CNC(c1ccc(-c2ccccc2)cc1)c1cncnc1. The first kappa shape index (κ1) is 13.5. The van der Waals surface area contributed by atoms with Crippen molar-refractivity contribution < 1.29 is 0 Å². The van der Waals surface area contributed by atoms with Crippen molar-refractivity contribution in [1.29, 1.82) is 0 Å². The van der Waals surface area contributed by atoms with Crippen LogP contribution in [0.2, 0.25) is 0 Å². The summed E-state index contributed by atoms with van der Waals surface area (Å²) in [6, 6.07) is 19.1. The highest BCUT2D eigenvalue weighted by Crippen LogP contribution is 2.24. The highest BCUT2D eigenvalue weighted by Gasteiger charge is 2.12. The lowest BCUT2D eigenvalue weighted by atomic mass is 9.98. The fourth-order valence-corrected chi connectivity index (χ4v) is 2.48. The molecule has 0 fully saturated rings. The maximum atomic E-state index is 4.09. The Bertz CT molecular complexity index is 679. The molecule has 1 atom stereocenters. The van der Waals surface area contributed by atoms with Crippen molar-refractivity contribution in [3.63, 3.8) is 0 Å². The second-order valence-corrected chi connectivity index (χ2v) is 4.88. The van der Waals surface area contributed by atoms with Crippen molar-refractivity contribution in [1.82, 2.24) is 15.3 Å². The first-order valence-corrected chi connectivity index (χ1v) is 6.96. The van der Waals surface area contributed by atoms with Crippen LogP contribution >= 0.6 is 0 Å². The van der Waals surface area contributed by atoms with Crippen molar-refractivity contribution in [2.45, 2.75) is 6.04 Å². The van der Waals surface area contributed by atoms with Crippen molar-refractivity contribution in [3.8, 4) is 11.1 Å². The molecular weight excluding hydrogens is 258 g/mol. The average Bonchev–Trinajstić information content (AvgIpc) is 2.58. The van der Waals surface area contributed by atoms with E-state index in [-0.39, 0.29) is 6.04 Å². The monoisotopic (exact) mass is 275 g/mol. The van der Waals surface area contributed by atoms with Gasteiger partial charge in [-0.25, -0.2) is 9.97 Å². The molecule has 3 rings (SSSR count). The van der Waals surface area contributed by atoms with Crippen molar-refractivity contribution in [2.24, 2.45) is 0 Å². The molecule has 0 spiro atoms. The summed E-state index contributed by atoms with van der Waals surface area (Å²) >= 11 is 0. The molecule has 2 aromatic carbocycles. The fraction of sp³-hybridized carbons (Fsp3) is 0.111. The Hall–Kier alpha value is -2.52. The minimum atomic E-state index is 0.107. The van der Waals surface area contributed by atoms with Crippen LogP contribution in [-0.2, 0) is 0 Å². The van der Waals surface area contributed by atoms with Gasteiger partial charge in [-0.3, -0.25) is 0 Å². The Morgan fingerprint density at radius 3 is 2.00 bits per heavy atom. The van der Waals surface area contributed by atoms with E-state index >= 15 is 0 Å². The van der Waals surface area contributed by atoms with E-state index < -0.39 is 0 Å². The van der Waals surface area contributed by atoms with E-state index in [0.717, 1.165) is 5.56 Å². The van der Waals surface area contributed by atoms with Crippen LogP contribution in [0.5, 0.6) is 0 Å². The van der Waals surface area contributed by atoms with Crippen molar-refractivity contribution in [2.75, 3.05) is 7.05 Å². The molecule has 0 saturated carbocycles. The fourth-order valence-electron chi connectivity index (χ4n) is 2.48. The summed E-state index contributed by atoms with van der Waals surface area (Å²) in [6.07, 6.45) is 5.24. The minimum absolute atomic E-state index is 0.107. The molecule has 3 heteroatoms. The van der Waals surface area contributed by atoms with Gasteiger partial charge in [0.05, 0.1) is 6.04 Å². The van der Waals surface area contributed by atoms with Gasteiger partial charge in [-0.1, -0.05) is 54.6 Å². The van der Waals surface area contributed by atoms with Crippen LogP contribution in [0.3, 0.4) is 0 Å². The van der Waals surface area contributed by atoms with Gasteiger partial charge in [-0.15, -0.1) is 0 Å². The molecule has 0 aliphatic rings. The third-order valence-electron chi connectivity index (χ3n) is 3.55. The molecule has 3 nitrogen and oxygen atoms in total. The molecule has 1 N–H and O–H groups in total. The maximum absolute atomic E-state index is 4.09. The number of rotatable bonds is 4. The summed E-state index contributed by atoms with van der Waals surface area (Å²) in [5.41, 5.74) is 4.71. The van der Waals surface area contributed by atoms with Crippen LogP contribution in [0.15, 0.2) is 73.3 Å². The van der Waals surface area contributed by atoms with E-state index in [1.165, 1.54) is 16.7 Å². The van der Waals surface area contributed by atoms with Gasteiger partial charge < -0.3 is 5.32 Å². The molecule has 0 amide bonds. The van der Waals surface area contributed by atoms with E-state index in [0.29, 0.717) is 0 Å². The second kappa shape index (κ2) is 6.29. The van der Waals surface area contributed by atoms with Crippen LogP contribution in [0.1, 0.15) is 17.2 Å². The van der Waals surface area contributed by atoms with Crippen LogP contribution in [0, 0.1) is 0 Å². The smallest absolute Gasteiger partial charge is 0.115 e. The summed E-state index contributed by atoms with van der Waals surface area (Å²) in [4.78, 5) is 8.19. The summed E-state index contributed by atoms with van der Waals surface area (Å²) in [5.74, 6) is 0.